The van der Waals surface area contributed by atoms with E-state index in [1.807, 2.05) is 18.2 Å². The van der Waals surface area contributed by atoms with E-state index >= 15 is 0 Å². The van der Waals surface area contributed by atoms with E-state index in [0.29, 0.717) is 16.7 Å². The number of benzene rings is 2. The third kappa shape index (κ3) is 4.77. The maximum Gasteiger partial charge on any atom is 0.261 e. The SMILES string of the molecule is CC(Oc1ccc2c(c1)CCCC2)C(=O)NCc1nc(-c2ccc(Cl)cc2)no1. The summed E-state index contributed by atoms with van der Waals surface area (Å²) in [6.07, 6.45) is 4.00. The third-order valence-electron chi connectivity index (χ3n) is 4.99. The molecule has 2 aromatic carbocycles. The van der Waals surface area contributed by atoms with E-state index in [1.54, 1.807) is 19.1 Å². The lowest BCUT2D eigenvalue weighted by atomic mass is 9.92. The Kier molecular flexibility index (Phi) is 5.81. The quantitative estimate of drug-likeness (QED) is 0.652. The minimum absolute atomic E-state index is 0.136. The molecule has 4 rings (SSSR count). The monoisotopic (exact) mass is 411 g/mol. The molecule has 7 heteroatoms. The zero-order valence-corrected chi connectivity index (χ0v) is 16.9. The van der Waals surface area contributed by atoms with Crippen molar-refractivity contribution in [3.63, 3.8) is 0 Å². The Morgan fingerprint density at radius 1 is 1.17 bits per heavy atom. The van der Waals surface area contributed by atoms with E-state index in [4.69, 9.17) is 20.9 Å². The van der Waals surface area contributed by atoms with Crippen molar-refractivity contribution in [3.8, 4) is 17.1 Å². The number of carbonyl (C=O) groups excluding carboxylic acids is 1. The molecule has 0 aliphatic heterocycles. The van der Waals surface area contributed by atoms with Gasteiger partial charge in [-0.2, -0.15) is 4.98 Å². The van der Waals surface area contributed by atoms with Crippen molar-refractivity contribution < 1.29 is 14.1 Å². The van der Waals surface area contributed by atoms with Gasteiger partial charge in [0.2, 0.25) is 11.7 Å². The number of aromatic nitrogens is 2. The van der Waals surface area contributed by atoms with Crippen LogP contribution in [0.1, 0.15) is 36.8 Å². The molecule has 1 unspecified atom stereocenters. The van der Waals surface area contributed by atoms with Crippen molar-refractivity contribution >= 4 is 17.5 Å². The predicted molar refractivity (Wildman–Crippen MR) is 110 cm³/mol. The molecule has 0 spiro atoms. The van der Waals surface area contributed by atoms with Crippen molar-refractivity contribution in [2.75, 3.05) is 0 Å². The number of nitrogens with one attached hydrogen (secondary N) is 1. The second-order valence-electron chi connectivity index (χ2n) is 7.13. The van der Waals surface area contributed by atoms with Gasteiger partial charge in [-0.15, -0.1) is 0 Å². The van der Waals surface area contributed by atoms with Crippen LogP contribution in [0, 0.1) is 0 Å². The lowest BCUT2D eigenvalue weighted by molar-refractivity contribution is -0.127. The zero-order chi connectivity index (χ0) is 20.2. The number of carbonyl (C=O) groups is 1. The number of halogens is 1. The normalized spacial score (nSPS) is 14.1. The average molecular weight is 412 g/mol. The highest BCUT2D eigenvalue weighted by atomic mass is 35.5. The first-order valence-corrected chi connectivity index (χ1v) is 10.1. The Balaban J connectivity index is 1.32. The summed E-state index contributed by atoms with van der Waals surface area (Å²) in [4.78, 5) is 16.7. The van der Waals surface area contributed by atoms with Gasteiger partial charge < -0.3 is 14.6 Å². The first-order chi connectivity index (χ1) is 14.1. The topological polar surface area (TPSA) is 77.2 Å². The number of amides is 1. The summed E-state index contributed by atoms with van der Waals surface area (Å²) in [7, 11) is 0. The molecule has 1 N–H and O–H groups in total. The van der Waals surface area contributed by atoms with Gasteiger partial charge in [-0.3, -0.25) is 4.79 Å². The molecule has 0 bridgehead atoms. The summed E-state index contributed by atoms with van der Waals surface area (Å²) in [5.74, 6) is 1.25. The largest absolute Gasteiger partial charge is 0.481 e. The highest BCUT2D eigenvalue weighted by Crippen LogP contribution is 2.26. The van der Waals surface area contributed by atoms with Gasteiger partial charge in [0.1, 0.15) is 5.75 Å². The molecule has 1 aliphatic carbocycles. The second-order valence-corrected chi connectivity index (χ2v) is 7.57. The Bertz CT molecular complexity index is 1000. The lowest BCUT2D eigenvalue weighted by Gasteiger charge is -2.19. The fourth-order valence-electron chi connectivity index (χ4n) is 3.39. The van der Waals surface area contributed by atoms with E-state index in [0.717, 1.165) is 24.2 Å². The molecule has 29 heavy (non-hydrogen) atoms. The molecule has 0 saturated heterocycles. The van der Waals surface area contributed by atoms with Gasteiger partial charge in [0.05, 0.1) is 6.54 Å². The van der Waals surface area contributed by atoms with Crippen LogP contribution < -0.4 is 10.1 Å². The summed E-state index contributed by atoms with van der Waals surface area (Å²) in [6.45, 7) is 1.86. The van der Waals surface area contributed by atoms with Crippen molar-refractivity contribution in [3.05, 3.63) is 64.5 Å². The van der Waals surface area contributed by atoms with Crippen LogP contribution in [0.25, 0.3) is 11.4 Å². The smallest absolute Gasteiger partial charge is 0.261 e. The molecular weight excluding hydrogens is 390 g/mol. The van der Waals surface area contributed by atoms with Gasteiger partial charge >= 0.3 is 0 Å². The minimum atomic E-state index is -0.629. The van der Waals surface area contributed by atoms with E-state index in [9.17, 15) is 4.79 Å². The Morgan fingerprint density at radius 2 is 1.93 bits per heavy atom. The maximum absolute atomic E-state index is 12.4. The molecular formula is C22H22ClN3O3. The van der Waals surface area contributed by atoms with E-state index in [2.05, 4.69) is 27.6 Å². The standard InChI is InChI=1S/C22H22ClN3O3/c1-14(28-19-11-8-15-4-2-3-5-17(15)12-19)22(27)24-13-20-25-21(26-29-20)16-6-9-18(23)10-7-16/h6-12,14H,2-5,13H2,1H3,(H,24,27). The molecule has 6 nitrogen and oxygen atoms in total. The number of aryl methyl sites for hydroxylation is 2. The molecule has 150 valence electrons. The molecule has 1 aliphatic rings. The van der Waals surface area contributed by atoms with E-state index < -0.39 is 6.10 Å². The molecule has 1 atom stereocenters. The minimum Gasteiger partial charge on any atom is -0.481 e. The molecule has 1 amide bonds. The van der Waals surface area contributed by atoms with Crippen LogP contribution in [-0.4, -0.2) is 22.2 Å². The first kappa shape index (κ1) is 19.5. The maximum atomic E-state index is 12.4. The van der Waals surface area contributed by atoms with Crippen LogP contribution in [0.15, 0.2) is 47.0 Å². The Labute approximate surface area is 174 Å². The summed E-state index contributed by atoms with van der Waals surface area (Å²) < 4.78 is 11.0. The zero-order valence-electron chi connectivity index (χ0n) is 16.2. The van der Waals surface area contributed by atoms with E-state index in [1.165, 1.54) is 24.0 Å². The van der Waals surface area contributed by atoms with Gasteiger partial charge in [-0.1, -0.05) is 22.8 Å². The second kappa shape index (κ2) is 8.66. The molecule has 0 saturated carbocycles. The number of nitrogens with zero attached hydrogens (tertiary/aromatic N) is 2. The number of hydrogen-bond donors (Lipinski definition) is 1. The van der Waals surface area contributed by atoms with Crippen LogP contribution in [0.2, 0.25) is 5.02 Å². The third-order valence-corrected chi connectivity index (χ3v) is 5.24. The lowest BCUT2D eigenvalue weighted by Crippen LogP contribution is -2.36. The number of rotatable bonds is 6. The summed E-state index contributed by atoms with van der Waals surface area (Å²) >= 11 is 5.89. The van der Waals surface area contributed by atoms with Gasteiger partial charge in [-0.05, 0) is 80.1 Å². The molecule has 1 aromatic heterocycles. The van der Waals surface area contributed by atoms with Crippen LogP contribution >= 0.6 is 11.6 Å². The van der Waals surface area contributed by atoms with Gasteiger partial charge in [0.25, 0.3) is 5.91 Å². The van der Waals surface area contributed by atoms with Gasteiger partial charge in [0, 0.05) is 10.6 Å². The Morgan fingerprint density at radius 3 is 2.72 bits per heavy atom. The summed E-state index contributed by atoms with van der Waals surface area (Å²) in [5.41, 5.74) is 3.50. The van der Waals surface area contributed by atoms with E-state index in [-0.39, 0.29) is 12.5 Å². The van der Waals surface area contributed by atoms with Gasteiger partial charge in [0.15, 0.2) is 6.10 Å². The molecule has 0 fully saturated rings. The van der Waals surface area contributed by atoms with Crippen LogP contribution in [0.3, 0.4) is 0 Å². The van der Waals surface area contributed by atoms with Crippen molar-refractivity contribution in [1.29, 1.82) is 0 Å². The molecule has 0 radical (unpaired) electrons. The van der Waals surface area contributed by atoms with Crippen LogP contribution in [0.4, 0.5) is 0 Å². The predicted octanol–water partition coefficient (Wildman–Crippen LogP) is 4.35. The fraction of sp³-hybridized carbons (Fsp3) is 0.318. The summed E-state index contributed by atoms with van der Waals surface area (Å²) in [5, 5.41) is 7.35. The number of hydrogen-bond acceptors (Lipinski definition) is 5. The summed E-state index contributed by atoms with van der Waals surface area (Å²) in [6, 6.07) is 13.2. The van der Waals surface area contributed by atoms with Crippen LogP contribution in [-0.2, 0) is 24.2 Å². The highest BCUT2D eigenvalue weighted by molar-refractivity contribution is 6.30. The first-order valence-electron chi connectivity index (χ1n) is 9.73. The Hall–Kier alpha value is -2.86. The van der Waals surface area contributed by atoms with Crippen LogP contribution in [0.5, 0.6) is 5.75 Å². The van der Waals surface area contributed by atoms with Crippen molar-refractivity contribution in [2.24, 2.45) is 0 Å². The average Bonchev–Trinajstić information content (AvgIpc) is 3.21. The molecule has 1 heterocycles. The number of fused-ring (bicyclic) bond motifs is 1. The highest BCUT2D eigenvalue weighted by Gasteiger charge is 2.17. The number of ether oxygens (including phenoxy) is 1. The van der Waals surface area contributed by atoms with Crippen molar-refractivity contribution in [2.45, 2.75) is 45.3 Å². The van der Waals surface area contributed by atoms with Gasteiger partial charge in [-0.25, -0.2) is 0 Å². The molecule has 3 aromatic rings. The van der Waals surface area contributed by atoms with Crippen molar-refractivity contribution in [1.82, 2.24) is 15.5 Å². The fourth-order valence-corrected chi connectivity index (χ4v) is 3.52.